The molecule has 2 aliphatic rings. The van der Waals surface area contributed by atoms with Crippen LogP contribution in [-0.4, -0.2) is 12.6 Å². The summed E-state index contributed by atoms with van der Waals surface area (Å²) in [6, 6.07) is 0.795. The van der Waals surface area contributed by atoms with E-state index in [9.17, 15) is 0 Å². The first-order valence-corrected chi connectivity index (χ1v) is 7.37. The van der Waals surface area contributed by atoms with Gasteiger partial charge in [0, 0.05) is 6.04 Å². The van der Waals surface area contributed by atoms with Crippen LogP contribution >= 0.6 is 0 Å². The quantitative estimate of drug-likeness (QED) is 0.718. The van der Waals surface area contributed by atoms with Gasteiger partial charge in [0.15, 0.2) is 0 Å². The molecule has 0 aromatic rings. The van der Waals surface area contributed by atoms with Crippen molar-refractivity contribution in [2.24, 2.45) is 17.3 Å². The molecule has 0 radical (unpaired) electrons. The molecule has 0 bridgehead atoms. The van der Waals surface area contributed by atoms with Gasteiger partial charge in [0.25, 0.3) is 0 Å². The summed E-state index contributed by atoms with van der Waals surface area (Å²) in [4.78, 5) is 0. The third kappa shape index (κ3) is 3.00. The molecule has 2 aliphatic carbocycles. The first-order valence-electron chi connectivity index (χ1n) is 7.37. The summed E-state index contributed by atoms with van der Waals surface area (Å²) in [6.07, 6.45) is 10.2. The van der Waals surface area contributed by atoms with Crippen LogP contribution in [0.5, 0.6) is 0 Å². The zero-order valence-electron chi connectivity index (χ0n) is 11.4. The van der Waals surface area contributed by atoms with Crippen molar-refractivity contribution in [1.82, 2.24) is 5.32 Å². The van der Waals surface area contributed by atoms with E-state index in [1.165, 1.54) is 44.9 Å². The van der Waals surface area contributed by atoms with E-state index in [0.717, 1.165) is 24.4 Å². The van der Waals surface area contributed by atoms with Crippen molar-refractivity contribution in [3.8, 4) is 0 Å². The summed E-state index contributed by atoms with van der Waals surface area (Å²) >= 11 is 0. The molecule has 2 atom stereocenters. The smallest absolute Gasteiger partial charge is 0.0100 e. The van der Waals surface area contributed by atoms with Crippen molar-refractivity contribution >= 4 is 0 Å². The zero-order chi connectivity index (χ0) is 11.6. The van der Waals surface area contributed by atoms with Gasteiger partial charge in [-0.2, -0.15) is 0 Å². The molecule has 0 heterocycles. The normalized spacial score (nSPS) is 30.6. The largest absolute Gasteiger partial charge is 0.314 e. The van der Waals surface area contributed by atoms with Crippen LogP contribution in [-0.2, 0) is 0 Å². The number of hydrogen-bond donors (Lipinski definition) is 1. The molecule has 94 valence electrons. The predicted molar refractivity (Wildman–Crippen MR) is 70.5 cm³/mol. The molecule has 0 aromatic carbocycles. The molecule has 16 heavy (non-hydrogen) atoms. The highest BCUT2D eigenvalue weighted by Gasteiger charge is 2.39. The van der Waals surface area contributed by atoms with Crippen LogP contribution in [0, 0.1) is 17.3 Å². The number of hydrogen-bond acceptors (Lipinski definition) is 1. The summed E-state index contributed by atoms with van der Waals surface area (Å²) in [7, 11) is 0. The Balaban J connectivity index is 1.88. The minimum atomic E-state index is 0.580. The van der Waals surface area contributed by atoms with Gasteiger partial charge in [0.2, 0.25) is 0 Å². The fourth-order valence-corrected chi connectivity index (χ4v) is 3.63. The van der Waals surface area contributed by atoms with Gasteiger partial charge in [-0.3, -0.25) is 0 Å². The monoisotopic (exact) mass is 223 g/mol. The highest BCUT2D eigenvalue weighted by Crippen LogP contribution is 2.46. The molecule has 1 heteroatoms. The standard InChI is InChI=1S/C15H29N/c1-4-16-14(10-9-12-7-8-12)13-6-5-11-15(13,2)3/h12-14,16H,4-11H2,1-3H3. The molecule has 1 N–H and O–H groups in total. The Morgan fingerprint density at radius 3 is 2.50 bits per heavy atom. The van der Waals surface area contributed by atoms with Crippen molar-refractivity contribution < 1.29 is 0 Å². The summed E-state index contributed by atoms with van der Waals surface area (Å²) in [5.41, 5.74) is 0.580. The summed E-state index contributed by atoms with van der Waals surface area (Å²) in [5, 5.41) is 3.76. The second-order valence-electron chi connectivity index (χ2n) is 6.67. The van der Waals surface area contributed by atoms with Crippen LogP contribution < -0.4 is 5.32 Å². The van der Waals surface area contributed by atoms with Crippen LogP contribution in [0.4, 0.5) is 0 Å². The van der Waals surface area contributed by atoms with E-state index < -0.39 is 0 Å². The molecule has 0 aliphatic heterocycles. The molecule has 1 nitrogen and oxygen atoms in total. The summed E-state index contributed by atoms with van der Waals surface area (Å²) in [6.45, 7) is 8.35. The average molecular weight is 223 g/mol. The highest BCUT2D eigenvalue weighted by molar-refractivity contribution is 4.92. The molecule has 2 unspecified atom stereocenters. The molecular weight excluding hydrogens is 194 g/mol. The van der Waals surface area contributed by atoms with Crippen molar-refractivity contribution in [2.75, 3.05) is 6.54 Å². The molecule has 0 amide bonds. The summed E-state index contributed by atoms with van der Waals surface area (Å²) < 4.78 is 0. The minimum absolute atomic E-state index is 0.580. The van der Waals surface area contributed by atoms with E-state index in [1.54, 1.807) is 0 Å². The fraction of sp³-hybridized carbons (Fsp3) is 1.00. The Kier molecular flexibility index (Phi) is 3.94. The molecule has 2 fully saturated rings. The van der Waals surface area contributed by atoms with Crippen LogP contribution in [0.3, 0.4) is 0 Å². The molecule has 2 saturated carbocycles. The number of nitrogens with one attached hydrogen (secondary N) is 1. The van der Waals surface area contributed by atoms with Crippen LogP contribution in [0.25, 0.3) is 0 Å². The fourth-order valence-electron chi connectivity index (χ4n) is 3.63. The van der Waals surface area contributed by atoms with Gasteiger partial charge >= 0.3 is 0 Å². The van der Waals surface area contributed by atoms with E-state index in [0.29, 0.717) is 5.41 Å². The second kappa shape index (κ2) is 5.08. The Labute approximate surface area is 101 Å². The van der Waals surface area contributed by atoms with Gasteiger partial charge in [0.1, 0.15) is 0 Å². The van der Waals surface area contributed by atoms with E-state index in [-0.39, 0.29) is 0 Å². The zero-order valence-corrected chi connectivity index (χ0v) is 11.4. The molecule has 2 rings (SSSR count). The van der Waals surface area contributed by atoms with Gasteiger partial charge in [-0.05, 0) is 49.5 Å². The van der Waals surface area contributed by atoms with Crippen LogP contribution in [0.15, 0.2) is 0 Å². The molecule has 0 aromatic heterocycles. The Hall–Kier alpha value is -0.0400. The maximum atomic E-state index is 3.76. The van der Waals surface area contributed by atoms with Crippen molar-refractivity contribution in [3.63, 3.8) is 0 Å². The van der Waals surface area contributed by atoms with E-state index in [1.807, 2.05) is 0 Å². The van der Waals surface area contributed by atoms with Crippen molar-refractivity contribution in [1.29, 1.82) is 0 Å². The maximum absolute atomic E-state index is 3.76. The lowest BCUT2D eigenvalue weighted by Gasteiger charge is -2.35. The van der Waals surface area contributed by atoms with E-state index in [4.69, 9.17) is 0 Å². The van der Waals surface area contributed by atoms with Gasteiger partial charge in [0.05, 0.1) is 0 Å². The van der Waals surface area contributed by atoms with Gasteiger partial charge < -0.3 is 5.32 Å². The SMILES string of the molecule is CCNC(CCC1CC1)C1CCCC1(C)C. The maximum Gasteiger partial charge on any atom is 0.0100 e. The van der Waals surface area contributed by atoms with Crippen molar-refractivity contribution in [3.05, 3.63) is 0 Å². The highest BCUT2D eigenvalue weighted by atomic mass is 14.9. The topological polar surface area (TPSA) is 12.0 Å². The first-order chi connectivity index (χ1) is 7.63. The molecular formula is C15H29N. The third-order valence-electron chi connectivity index (χ3n) is 4.87. The Morgan fingerprint density at radius 1 is 1.25 bits per heavy atom. The van der Waals surface area contributed by atoms with Gasteiger partial charge in [-0.1, -0.05) is 40.0 Å². The predicted octanol–water partition coefficient (Wildman–Crippen LogP) is 3.98. The number of rotatable bonds is 6. The average Bonchev–Trinajstić information content (AvgIpc) is 2.98. The third-order valence-corrected chi connectivity index (χ3v) is 4.87. The van der Waals surface area contributed by atoms with Crippen molar-refractivity contribution in [2.45, 2.75) is 71.8 Å². The molecule has 0 spiro atoms. The Morgan fingerprint density at radius 2 is 2.00 bits per heavy atom. The molecule has 0 saturated heterocycles. The van der Waals surface area contributed by atoms with Gasteiger partial charge in [-0.15, -0.1) is 0 Å². The first kappa shape index (κ1) is 12.4. The lowest BCUT2D eigenvalue weighted by Crippen LogP contribution is -2.40. The lowest BCUT2D eigenvalue weighted by atomic mass is 9.76. The lowest BCUT2D eigenvalue weighted by molar-refractivity contribution is 0.188. The van der Waals surface area contributed by atoms with E-state index >= 15 is 0 Å². The van der Waals surface area contributed by atoms with Gasteiger partial charge in [-0.25, -0.2) is 0 Å². The minimum Gasteiger partial charge on any atom is -0.314 e. The summed E-state index contributed by atoms with van der Waals surface area (Å²) in [5.74, 6) is 2.01. The Bertz CT molecular complexity index is 217. The van der Waals surface area contributed by atoms with Crippen LogP contribution in [0.1, 0.15) is 65.7 Å². The van der Waals surface area contributed by atoms with Crippen LogP contribution in [0.2, 0.25) is 0 Å². The second-order valence-corrected chi connectivity index (χ2v) is 6.67. The van der Waals surface area contributed by atoms with E-state index in [2.05, 4.69) is 26.1 Å².